The predicted octanol–water partition coefficient (Wildman–Crippen LogP) is 4.48. The fourth-order valence-corrected chi connectivity index (χ4v) is 4.58. The number of thiophene rings is 1. The zero-order valence-corrected chi connectivity index (χ0v) is 17.6. The predicted molar refractivity (Wildman–Crippen MR) is 121 cm³/mol. The topological polar surface area (TPSA) is 92.7 Å². The molecule has 1 aliphatic carbocycles. The first-order valence-corrected chi connectivity index (χ1v) is 11.2. The van der Waals surface area contributed by atoms with Gasteiger partial charge in [0, 0.05) is 23.6 Å². The normalized spacial score (nSPS) is 14.1. The van der Waals surface area contributed by atoms with Gasteiger partial charge in [-0.25, -0.2) is 4.98 Å². The van der Waals surface area contributed by atoms with Crippen LogP contribution in [0.4, 0.5) is 5.82 Å². The summed E-state index contributed by atoms with van der Waals surface area (Å²) in [5.74, 6) is 0.749. The van der Waals surface area contributed by atoms with Crippen LogP contribution >= 0.6 is 11.3 Å². The number of aromatic amines is 1. The van der Waals surface area contributed by atoms with Gasteiger partial charge in [0.05, 0.1) is 10.6 Å². The molecule has 0 bridgehead atoms. The van der Waals surface area contributed by atoms with Crippen LogP contribution in [0.1, 0.15) is 25.7 Å². The number of hydrogen-bond donors (Lipinski definition) is 2. The van der Waals surface area contributed by atoms with E-state index in [1.165, 1.54) is 10.7 Å². The van der Waals surface area contributed by atoms with Crippen molar-refractivity contribution in [2.45, 2.75) is 25.7 Å². The number of hydrogen-bond acceptors (Lipinski definition) is 5. The lowest BCUT2D eigenvalue weighted by atomic mass is 10.1. The Balaban J connectivity index is 1.58. The third kappa shape index (κ3) is 4.06. The highest BCUT2D eigenvalue weighted by Crippen LogP contribution is 2.30. The van der Waals surface area contributed by atoms with E-state index >= 15 is 0 Å². The first-order chi connectivity index (χ1) is 15.2. The molecule has 1 amide bonds. The van der Waals surface area contributed by atoms with Crippen molar-refractivity contribution in [3.8, 4) is 27.8 Å². The van der Waals surface area contributed by atoms with Crippen molar-refractivity contribution in [2.75, 3.05) is 5.32 Å². The first kappa shape index (κ1) is 19.4. The van der Waals surface area contributed by atoms with Crippen LogP contribution in [0.2, 0.25) is 0 Å². The summed E-state index contributed by atoms with van der Waals surface area (Å²) in [7, 11) is 0. The molecule has 3 aromatic heterocycles. The van der Waals surface area contributed by atoms with Gasteiger partial charge in [-0.15, -0.1) is 11.3 Å². The SMILES string of the molecule is O=C(Nc1cc(-c2cccs2)nn1-c1nc(-c2ccccc2)cc(=O)[nH]1)C1CCCC1. The Labute approximate surface area is 182 Å². The second-order valence-corrected chi connectivity index (χ2v) is 8.54. The molecule has 0 atom stereocenters. The van der Waals surface area contributed by atoms with Crippen LogP contribution in [0, 0.1) is 5.92 Å². The van der Waals surface area contributed by atoms with Gasteiger partial charge in [0.2, 0.25) is 11.9 Å². The smallest absolute Gasteiger partial charge is 0.252 e. The number of carbonyl (C=O) groups is 1. The summed E-state index contributed by atoms with van der Waals surface area (Å²) >= 11 is 1.56. The van der Waals surface area contributed by atoms with Crippen LogP contribution in [-0.2, 0) is 4.79 Å². The van der Waals surface area contributed by atoms with Crippen molar-refractivity contribution in [2.24, 2.45) is 5.92 Å². The summed E-state index contributed by atoms with van der Waals surface area (Å²) in [6.07, 6.45) is 3.95. The third-order valence-corrected chi connectivity index (χ3v) is 6.35. The van der Waals surface area contributed by atoms with Crippen LogP contribution in [0.25, 0.3) is 27.8 Å². The molecule has 0 unspecified atom stereocenters. The highest BCUT2D eigenvalue weighted by molar-refractivity contribution is 7.13. The molecule has 0 spiro atoms. The molecule has 0 radical (unpaired) electrons. The number of carbonyl (C=O) groups excluding carboxylic acids is 1. The van der Waals surface area contributed by atoms with Crippen LogP contribution < -0.4 is 10.9 Å². The molecule has 8 heteroatoms. The Morgan fingerprint density at radius 2 is 1.87 bits per heavy atom. The summed E-state index contributed by atoms with van der Waals surface area (Å²) in [4.78, 5) is 33.6. The largest absolute Gasteiger partial charge is 0.310 e. The molecule has 0 aliphatic heterocycles. The maximum atomic E-state index is 12.8. The van der Waals surface area contributed by atoms with E-state index in [4.69, 9.17) is 0 Å². The van der Waals surface area contributed by atoms with Crippen LogP contribution in [0.15, 0.2) is 64.8 Å². The van der Waals surface area contributed by atoms with E-state index in [2.05, 4.69) is 20.4 Å². The first-order valence-electron chi connectivity index (χ1n) is 10.3. The molecule has 156 valence electrons. The van der Waals surface area contributed by atoms with Gasteiger partial charge in [-0.1, -0.05) is 49.2 Å². The molecule has 1 saturated carbocycles. The van der Waals surface area contributed by atoms with Crippen molar-refractivity contribution in [3.05, 3.63) is 70.3 Å². The molecule has 3 heterocycles. The Kier molecular flexibility index (Phi) is 5.21. The van der Waals surface area contributed by atoms with E-state index in [9.17, 15) is 9.59 Å². The van der Waals surface area contributed by atoms with Crippen molar-refractivity contribution in [1.82, 2.24) is 19.7 Å². The van der Waals surface area contributed by atoms with E-state index in [-0.39, 0.29) is 23.3 Å². The molecule has 4 aromatic rings. The lowest BCUT2D eigenvalue weighted by Crippen LogP contribution is -2.23. The van der Waals surface area contributed by atoms with Crippen molar-refractivity contribution < 1.29 is 4.79 Å². The van der Waals surface area contributed by atoms with Gasteiger partial charge < -0.3 is 5.32 Å². The summed E-state index contributed by atoms with van der Waals surface area (Å²) in [6.45, 7) is 0. The van der Waals surface area contributed by atoms with E-state index in [1.807, 2.05) is 53.9 Å². The van der Waals surface area contributed by atoms with Crippen LogP contribution in [-0.4, -0.2) is 25.7 Å². The minimum atomic E-state index is -0.287. The van der Waals surface area contributed by atoms with Gasteiger partial charge in [-0.2, -0.15) is 9.78 Å². The zero-order valence-electron chi connectivity index (χ0n) is 16.7. The van der Waals surface area contributed by atoms with Crippen LogP contribution in [0.3, 0.4) is 0 Å². The van der Waals surface area contributed by atoms with Crippen molar-refractivity contribution in [1.29, 1.82) is 0 Å². The molecule has 1 aliphatic rings. The highest BCUT2D eigenvalue weighted by Gasteiger charge is 2.25. The van der Waals surface area contributed by atoms with Gasteiger partial charge in [0.1, 0.15) is 11.5 Å². The number of H-pyrrole nitrogens is 1. The molecule has 5 rings (SSSR count). The number of nitrogens with one attached hydrogen (secondary N) is 2. The average Bonchev–Trinajstić information content (AvgIpc) is 3.55. The maximum absolute atomic E-state index is 12.8. The second kappa shape index (κ2) is 8.31. The summed E-state index contributed by atoms with van der Waals surface area (Å²) < 4.78 is 1.51. The van der Waals surface area contributed by atoms with Gasteiger partial charge in [0.25, 0.3) is 5.56 Å². The number of aromatic nitrogens is 4. The van der Waals surface area contributed by atoms with Gasteiger partial charge >= 0.3 is 0 Å². The van der Waals surface area contributed by atoms with E-state index in [0.29, 0.717) is 17.2 Å². The maximum Gasteiger partial charge on any atom is 0.252 e. The molecule has 31 heavy (non-hydrogen) atoms. The van der Waals surface area contributed by atoms with E-state index in [1.54, 1.807) is 11.3 Å². The molecular formula is C23H21N5O2S. The number of rotatable bonds is 5. The van der Waals surface area contributed by atoms with Crippen molar-refractivity contribution in [3.63, 3.8) is 0 Å². The van der Waals surface area contributed by atoms with Gasteiger partial charge in [-0.05, 0) is 24.3 Å². The molecule has 7 nitrogen and oxygen atoms in total. The minimum Gasteiger partial charge on any atom is -0.310 e. The Morgan fingerprint density at radius 3 is 2.61 bits per heavy atom. The summed E-state index contributed by atoms with van der Waals surface area (Å²) in [5.41, 5.74) is 1.80. The molecule has 2 N–H and O–H groups in total. The van der Waals surface area contributed by atoms with Crippen LogP contribution in [0.5, 0.6) is 0 Å². The molecule has 1 aromatic carbocycles. The number of benzene rings is 1. The fourth-order valence-electron chi connectivity index (χ4n) is 3.89. The zero-order chi connectivity index (χ0) is 21.2. The number of nitrogens with zero attached hydrogens (tertiary/aromatic N) is 3. The van der Waals surface area contributed by atoms with Gasteiger partial charge in [-0.3, -0.25) is 14.6 Å². The average molecular weight is 432 g/mol. The number of anilines is 1. The Hall–Kier alpha value is -3.52. The second-order valence-electron chi connectivity index (χ2n) is 7.59. The fraction of sp³-hybridized carbons (Fsp3) is 0.217. The summed E-state index contributed by atoms with van der Waals surface area (Å²) in [5, 5.41) is 9.65. The van der Waals surface area contributed by atoms with E-state index < -0.39 is 0 Å². The Morgan fingerprint density at radius 1 is 1.06 bits per heavy atom. The third-order valence-electron chi connectivity index (χ3n) is 5.46. The quantitative estimate of drug-likeness (QED) is 0.487. The van der Waals surface area contributed by atoms with Gasteiger partial charge in [0.15, 0.2) is 0 Å². The van der Waals surface area contributed by atoms with Crippen molar-refractivity contribution >= 4 is 23.1 Å². The summed E-state index contributed by atoms with van der Waals surface area (Å²) in [6, 6.07) is 16.7. The molecule has 0 saturated heterocycles. The standard InChI is InChI=1S/C23H21N5O2S/c29-21-14-17(15-7-2-1-3-8-15)24-23(26-21)28-20(25-22(30)16-9-4-5-10-16)13-18(27-28)19-11-6-12-31-19/h1-3,6-8,11-14,16H,4-5,9-10H2,(H,25,30)(H,24,26,29). The van der Waals surface area contributed by atoms with E-state index in [0.717, 1.165) is 36.1 Å². The lowest BCUT2D eigenvalue weighted by Gasteiger charge is -2.12. The molecular weight excluding hydrogens is 410 g/mol. The minimum absolute atomic E-state index is 0.0104. The highest BCUT2D eigenvalue weighted by atomic mass is 32.1. The molecule has 1 fully saturated rings. The lowest BCUT2D eigenvalue weighted by molar-refractivity contribution is -0.119. The Bertz CT molecular complexity index is 1250. The number of amides is 1. The monoisotopic (exact) mass is 431 g/mol.